The standard InChI is InChI=1S/C34H27F3N2O3/c1-21(33(41)42-2)23-16-14-22(15-17-23)19-38-26-11-6-10-25(18-26)30-27-12-7-13-29(34(35,36)37)31(27)39-20-28(30)32(40)24-8-4-3-5-9-24/h3-18,20-21,38H,19H2,1-2H3. The van der Waals surface area contributed by atoms with Gasteiger partial charge < -0.3 is 10.1 Å². The molecule has 0 saturated carbocycles. The number of benzene rings is 4. The number of anilines is 1. The molecular formula is C34H27F3N2O3. The predicted octanol–water partition coefficient (Wildman–Crippen LogP) is 8.04. The molecule has 5 nitrogen and oxygen atoms in total. The van der Waals surface area contributed by atoms with Gasteiger partial charge in [-0.3, -0.25) is 14.6 Å². The van der Waals surface area contributed by atoms with E-state index in [4.69, 9.17) is 4.74 Å². The summed E-state index contributed by atoms with van der Waals surface area (Å²) in [7, 11) is 1.36. The molecule has 5 rings (SSSR count). The van der Waals surface area contributed by atoms with E-state index < -0.39 is 11.7 Å². The summed E-state index contributed by atoms with van der Waals surface area (Å²) in [6.45, 7) is 2.24. The Morgan fingerprint density at radius 1 is 0.905 bits per heavy atom. The number of para-hydroxylation sites is 1. The number of ether oxygens (including phenoxy) is 1. The second kappa shape index (κ2) is 11.9. The van der Waals surface area contributed by atoms with Gasteiger partial charge in [0.15, 0.2) is 5.78 Å². The molecule has 1 unspecified atom stereocenters. The normalized spacial score (nSPS) is 12.1. The lowest BCUT2D eigenvalue weighted by Crippen LogP contribution is -2.10. The first kappa shape index (κ1) is 28.5. The van der Waals surface area contributed by atoms with Crippen LogP contribution in [0.25, 0.3) is 22.0 Å². The number of rotatable bonds is 8. The van der Waals surface area contributed by atoms with Gasteiger partial charge >= 0.3 is 12.1 Å². The Bertz CT molecular complexity index is 1750. The van der Waals surface area contributed by atoms with Crippen molar-refractivity contribution in [2.24, 2.45) is 0 Å². The van der Waals surface area contributed by atoms with Crippen LogP contribution in [-0.4, -0.2) is 23.8 Å². The zero-order valence-electron chi connectivity index (χ0n) is 22.9. The quantitative estimate of drug-likeness (QED) is 0.152. The maximum absolute atomic E-state index is 13.9. The van der Waals surface area contributed by atoms with E-state index in [1.165, 1.54) is 19.4 Å². The average Bonchev–Trinajstić information content (AvgIpc) is 3.02. The Morgan fingerprint density at radius 2 is 1.62 bits per heavy atom. The van der Waals surface area contributed by atoms with Crippen LogP contribution in [0.15, 0.2) is 103 Å². The van der Waals surface area contributed by atoms with Gasteiger partial charge in [-0.1, -0.05) is 78.9 Å². The Hall–Kier alpha value is -4.98. The van der Waals surface area contributed by atoms with E-state index in [1.807, 2.05) is 36.4 Å². The highest BCUT2D eigenvalue weighted by Gasteiger charge is 2.34. The maximum atomic E-state index is 13.9. The number of esters is 1. The van der Waals surface area contributed by atoms with Gasteiger partial charge in [0.2, 0.25) is 0 Å². The molecule has 1 atom stereocenters. The zero-order chi connectivity index (χ0) is 29.9. The van der Waals surface area contributed by atoms with Crippen molar-refractivity contribution in [3.63, 3.8) is 0 Å². The van der Waals surface area contributed by atoms with Crippen molar-refractivity contribution in [2.45, 2.75) is 25.6 Å². The number of pyridine rings is 1. The number of hydrogen-bond acceptors (Lipinski definition) is 5. The highest BCUT2D eigenvalue weighted by molar-refractivity contribution is 6.16. The van der Waals surface area contributed by atoms with Gasteiger partial charge in [-0.05, 0) is 41.8 Å². The number of hydrogen-bond donors (Lipinski definition) is 1. The van der Waals surface area contributed by atoms with Gasteiger partial charge in [-0.2, -0.15) is 13.2 Å². The van der Waals surface area contributed by atoms with Crippen LogP contribution in [0.4, 0.5) is 18.9 Å². The second-order valence-electron chi connectivity index (χ2n) is 9.86. The Labute approximate surface area is 241 Å². The van der Waals surface area contributed by atoms with Gasteiger partial charge in [-0.15, -0.1) is 0 Å². The minimum Gasteiger partial charge on any atom is -0.469 e. The van der Waals surface area contributed by atoms with E-state index in [-0.39, 0.29) is 34.1 Å². The van der Waals surface area contributed by atoms with Crippen LogP contribution < -0.4 is 5.32 Å². The van der Waals surface area contributed by atoms with Crippen molar-refractivity contribution in [3.8, 4) is 11.1 Å². The number of alkyl halides is 3. The first-order valence-electron chi connectivity index (χ1n) is 13.3. The second-order valence-corrected chi connectivity index (χ2v) is 9.86. The lowest BCUT2D eigenvalue weighted by molar-refractivity contribution is -0.142. The summed E-state index contributed by atoms with van der Waals surface area (Å²) in [6.07, 6.45) is -3.37. The minimum atomic E-state index is -4.61. The summed E-state index contributed by atoms with van der Waals surface area (Å²) in [4.78, 5) is 29.6. The third-order valence-electron chi connectivity index (χ3n) is 7.17. The number of aromatic nitrogens is 1. The third-order valence-corrected chi connectivity index (χ3v) is 7.17. The molecule has 0 aliphatic heterocycles. The van der Waals surface area contributed by atoms with E-state index in [9.17, 15) is 22.8 Å². The Kier molecular flexibility index (Phi) is 8.06. The molecule has 1 heterocycles. The SMILES string of the molecule is COC(=O)C(C)c1ccc(CNc2cccc(-c3c(C(=O)c4ccccc4)cnc4c(C(F)(F)F)cccc34)c2)cc1. The van der Waals surface area contributed by atoms with Crippen molar-refractivity contribution >= 4 is 28.3 Å². The number of carbonyl (C=O) groups is 2. The van der Waals surface area contributed by atoms with Crippen LogP contribution >= 0.6 is 0 Å². The molecule has 212 valence electrons. The molecule has 42 heavy (non-hydrogen) atoms. The third kappa shape index (κ3) is 5.88. The molecule has 5 aromatic rings. The largest absolute Gasteiger partial charge is 0.469 e. The lowest BCUT2D eigenvalue weighted by Gasteiger charge is -2.17. The molecule has 0 aliphatic rings. The maximum Gasteiger partial charge on any atom is 0.418 e. The smallest absolute Gasteiger partial charge is 0.418 e. The molecule has 1 N–H and O–H groups in total. The Morgan fingerprint density at radius 3 is 2.31 bits per heavy atom. The van der Waals surface area contributed by atoms with E-state index in [0.29, 0.717) is 23.2 Å². The molecule has 0 amide bonds. The van der Waals surface area contributed by atoms with Crippen molar-refractivity contribution in [3.05, 3.63) is 131 Å². The van der Waals surface area contributed by atoms with Crippen molar-refractivity contribution < 1.29 is 27.5 Å². The number of halogens is 3. The summed E-state index contributed by atoms with van der Waals surface area (Å²) in [5.41, 5.74) is 3.01. The number of nitrogens with one attached hydrogen (secondary N) is 1. The van der Waals surface area contributed by atoms with Crippen LogP contribution in [0, 0.1) is 0 Å². The summed E-state index contributed by atoms with van der Waals surface area (Å²) in [5.74, 6) is -1.03. The predicted molar refractivity (Wildman–Crippen MR) is 156 cm³/mol. The van der Waals surface area contributed by atoms with Crippen LogP contribution in [0.5, 0.6) is 0 Å². The summed E-state index contributed by atoms with van der Waals surface area (Å²) in [6, 6.07) is 27.3. The van der Waals surface area contributed by atoms with Crippen molar-refractivity contribution in [1.29, 1.82) is 0 Å². The summed E-state index contributed by atoms with van der Waals surface area (Å²) >= 11 is 0. The monoisotopic (exact) mass is 568 g/mol. The zero-order valence-corrected chi connectivity index (χ0v) is 22.9. The van der Waals surface area contributed by atoms with Crippen molar-refractivity contribution in [2.75, 3.05) is 12.4 Å². The van der Waals surface area contributed by atoms with E-state index >= 15 is 0 Å². The molecule has 8 heteroatoms. The van der Waals surface area contributed by atoms with Crippen LogP contribution in [0.1, 0.15) is 45.5 Å². The van der Waals surface area contributed by atoms with Crippen LogP contribution in [0.2, 0.25) is 0 Å². The first-order chi connectivity index (χ1) is 20.2. The number of carbonyl (C=O) groups excluding carboxylic acids is 2. The molecule has 0 bridgehead atoms. The average molecular weight is 569 g/mol. The number of fused-ring (bicyclic) bond motifs is 1. The molecule has 1 aromatic heterocycles. The first-order valence-corrected chi connectivity index (χ1v) is 13.3. The summed E-state index contributed by atoms with van der Waals surface area (Å²) < 4.78 is 46.5. The van der Waals surface area contributed by atoms with Crippen LogP contribution in [0.3, 0.4) is 0 Å². The fourth-order valence-electron chi connectivity index (χ4n) is 4.91. The number of ketones is 1. The molecule has 0 radical (unpaired) electrons. The number of methoxy groups -OCH3 is 1. The molecular weight excluding hydrogens is 541 g/mol. The minimum absolute atomic E-state index is 0.209. The van der Waals surface area contributed by atoms with Gasteiger partial charge in [0.05, 0.1) is 24.1 Å². The van der Waals surface area contributed by atoms with Gasteiger partial charge in [0.1, 0.15) is 0 Å². The highest BCUT2D eigenvalue weighted by atomic mass is 19.4. The van der Waals surface area contributed by atoms with Gasteiger partial charge in [0.25, 0.3) is 0 Å². The Balaban J connectivity index is 1.52. The fourth-order valence-corrected chi connectivity index (χ4v) is 4.91. The fraction of sp³-hybridized carbons (Fsp3) is 0.147. The lowest BCUT2D eigenvalue weighted by atomic mass is 9.91. The molecule has 0 saturated heterocycles. The summed E-state index contributed by atoms with van der Waals surface area (Å²) in [5, 5.41) is 3.58. The van der Waals surface area contributed by atoms with Crippen LogP contribution in [-0.2, 0) is 22.3 Å². The van der Waals surface area contributed by atoms with Crippen molar-refractivity contribution in [1.82, 2.24) is 4.98 Å². The molecule has 0 spiro atoms. The number of nitrogens with zero attached hydrogens (tertiary/aromatic N) is 1. The topological polar surface area (TPSA) is 68.3 Å². The molecule has 0 fully saturated rings. The van der Waals surface area contributed by atoms with Gasteiger partial charge in [-0.25, -0.2) is 0 Å². The highest BCUT2D eigenvalue weighted by Crippen LogP contribution is 2.39. The van der Waals surface area contributed by atoms with Gasteiger partial charge in [0, 0.05) is 40.5 Å². The van der Waals surface area contributed by atoms with E-state index in [2.05, 4.69) is 10.3 Å². The van der Waals surface area contributed by atoms with E-state index in [1.54, 1.807) is 55.5 Å². The van der Waals surface area contributed by atoms with E-state index in [0.717, 1.165) is 22.9 Å². The molecule has 0 aliphatic carbocycles. The molecule has 4 aromatic carbocycles.